The first-order chi connectivity index (χ1) is 12.5. The molecule has 27 heavy (non-hydrogen) atoms. The topological polar surface area (TPSA) is 62.5 Å². The Morgan fingerprint density at radius 1 is 1.11 bits per heavy atom. The van der Waals surface area contributed by atoms with Crippen molar-refractivity contribution < 1.29 is 9.52 Å². The molecular weight excluding hydrogens is 362 g/mol. The van der Waals surface area contributed by atoms with Crippen LogP contribution in [0.1, 0.15) is 42.5 Å². The van der Waals surface area contributed by atoms with Crippen molar-refractivity contribution in [3.05, 3.63) is 75.1 Å². The second-order valence-electron chi connectivity index (χ2n) is 6.79. The van der Waals surface area contributed by atoms with Crippen molar-refractivity contribution in [1.29, 1.82) is 0 Å². The van der Waals surface area contributed by atoms with E-state index in [2.05, 4.69) is 19.2 Å². The van der Waals surface area contributed by atoms with Crippen LogP contribution in [0.3, 0.4) is 0 Å². The van der Waals surface area contributed by atoms with Gasteiger partial charge in [0.25, 0.3) is 0 Å². The molecule has 1 unspecified atom stereocenters. The van der Waals surface area contributed by atoms with Crippen molar-refractivity contribution >= 4 is 23.4 Å². The molecule has 0 saturated heterocycles. The van der Waals surface area contributed by atoms with Crippen LogP contribution in [0.5, 0.6) is 5.75 Å². The van der Waals surface area contributed by atoms with Gasteiger partial charge in [0.15, 0.2) is 0 Å². The number of halogens is 1. The van der Waals surface area contributed by atoms with Gasteiger partial charge in [0.1, 0.15) is 11.3 Å². The van der Waals surface area contributed by atoms with Gasteiger partial charge < -0.3 is 14.8 Å². The van der Waals surface area contributed by atoms with Gasteiger partial charge in [-0.25, -0.2) is 4.79 Å². The number of aromatic hydroxyl groups is 1. The molecule has 3 aromatic rings. The predicted molar refractivity (Wildman–Crippen MR) is 112 cm³/mol. The minimum atomic E-state index is -0.339. The summed E-state index contributed by atoms with van der Waals surface area (Å²) in [7, 11) is 0. The predicted octanol–water partition coefficient (Wildman–Crippen LogP) is 4.71. The molecular formula is C22H26ClNO3. The highest BCUT2D eigenvalue weighted by Crippen LogP contribution is 2.30. The first kappa shape index (κ1) is 21.0. The van der Waals surface area contributed by atoms with Crippen LogP contribution in [0.25, 0.3) is 11.0 Å². The van der Waals surface area contributed by atoms with Crippen molar-refractivity contribution in [2.45, 2.75) is 46.2 Å². The van der Waals surface area contributed by atoms with E-state index in [0.29, 0.717) is 35.7 Å². The van der Waals surface area contributed by atoms with E-state index in [1.54, 1.807) is 6.07 Å². The number of nitrogens with one attached hydrogen (secondary N) is 1. The second kappa shape index (κ2) is 9.07. The zero-order valence-electron chi connectivity index (χ0n) is 15.9. The van der Waals surface area contributed by atoms with Gasteiger partial charge in [0, 0.05) is 30.0 Å². The fourth-order valence-corrected chi connectivity index (χ4v) is 3.10. The summed E-state index contributed by atoms with van der Waals surface area (Å²) >= 11 is 0. The summed E-state index contributed by atoms with van der Waals surface area (Å²) < 4.78 is 5.67. The van der Waals surface area contributed by atoms with Gasteiger partial charge in [0.2, 0.25) is 0 Å². The third-order valence-corrected chi connectivity index (χ3v) is 5.00. The summed E-state index contributed by atoms with van der Waals surface area (Å²) in [5, 5.41) is 14.5. The molecule has 1 heterocycles. The number of fused-ring (bicyclic) bond motifs is 1. The van der Waals surface area contributed by atoms with E-state index in [0.717, 1.165) is 22.9 Å². The maximum absolute atomic E-state index is 12.6. The van der Waals surface area contributed by atoms with Crippen molar-refractivity contribution in [3.8, 4) is 5.75 Å². The van der Waals surface area contributed by atoms with Crippen LogP contribution in [0.4, 0.5) is 0 Å². The molecule has 3 rings (SSSR count). The summed E-state index contributed by atoms with van der Waals surface area (Å²) in [5.41, 5.74) is 3.41. The highest BCUT2D eigenvalue weighted by atomic mass is 35.5. The Labute approximate surface area is 165 Å². The molecule has 5 heteroatoms. The van der Waals surface area contributed by atoms with Crippen LogP contribution in [0.2, 0.25) is 0 Å². The maximum atomic E-state index is 12.6. The van der Waals surface area contributed by atoms with Gasteiger partial charge in [-0.15, -0.1) is 12.4 Å². The Kier molecular flexibility index (Phi) is 7.05. The number of aryl methyl sites for hydroxylation is 1. The number of benzene rings is 2. The summed E-state index contributed by atoms with van der Waals surface area (Å²) in [6, 6.07) is 13.7. The highest BCUT2D eigenvalue weighted by Gasteiger charge is 2.17. The fourth-order valence-electron chi connectivity index (χ4n) is 3.10. The Morgan fingerprint density at radius 3 is 2.48 bits per heavy atom. The highest BCUT2D eigenvalue weighted by molar-refractivity contribution is 5.86. The smallest absolute Gasteiger partial charge is 0.340 e. The summed E-state index contributed by atoms with van der Waals surface area (Å²) in [5.74, 6) is 0.145. The number of hydrogen-bond donors (Lipinski definition) is 2. The Bertz CT molecular complexity index is 967. The maximum Gasteiger partial charge on any atom is 0.340 e. The molecule has 0 aliphatic heterocycles. The summed E-state index contributed by atoms with van der Waals surface area (Å²) in [6.07, 6.45) is 1.52. The molecule has 0 amide bonds. The van der Waals surface area contributed by atoms with E-state index < -0.39 is 0 Å². The molecule has 0 spiro atoms. The molecule has 4 nitrogen and oxygen atoms in total. The number of phenolic OH excluding ortho intramolecular Hbond substituents is 1. The van der Waals surface area contributed by atoms with Crippen LogP contribution in [0, 0.1) is 6.92 Å². The number of phenols is 1. The summed E-state index contributed by atoms with van der Waals surface area (Å²) in [4.78, 5) is 12.6. The molecule has 0 aliphatic carbocycles. The molecule has 0 radical (unpaired) electrons. The van der Waals surface area contributed by atoms with Crippen molar-refractivity contribution in [2.24, 2.45) is 0 Å². The fraction of sp³-hybridized carbons (Fsp3) is 0.318. The minimum Gasteiger partial charge on any atom is -0.507 e. The molecule has 1 atom stereocenters. The molecule has 2 aromatic carbocycles. The summed E-state index contributed by atoms with van der Waals surface area (Å²) in [6.45, 7) is 6.58. The average Bonchev–Trinajstić information content (AvgIpc) is 2.65. The van der Waals surface area contributed by atoms with Crippen molar-refractivity contribution in [3.63, 3.8) is 0 Å². The normalized spacial score (nSPS) is 12.0. The lowest BCUT2D eigenvalue weighted by atomic mass is 9.98. The van der Waals surface area contributed by atoms with Gasteiger partial charge in [-0.3, -0.25) is 0 Å². The van der Waals surface area contributed by atoms with E-state index >= 15 is 0 Å². The van der Waals surface area contributed by atoms with Crippen LogP contribution >= 0.6 is 12.4 Å². The van der Waals surface area contributed by atoms with Crippen LogP contribution in [0.15, 0.2) is 51.7 Å². The lowest BCUT2D eigenvalue weighted by molar-refractivity contribution is 0.453. The van der Waals surface area contributed by atoms with E-state index in [-0.39, 0.29) is 23.8 Å². The SMILES string of the molecule is CCC(C)NCc1c(O)ccc2c(C)c(Cc3ccccc3)c(=O)oc12.Cl. The largest absolute Gasteiger partial charge is 0.507 e. The molecule has 0 saturated carbocycles. The third kappa shape index (κ3) is 4.52. The first-order valence-electron chi connectivity index (χ1n) is 9.05. The molecule has 144 valence electrons. The van der Waals surface area contributed by atoms with Gasteiger partial charge >= 0.3 is 5.63 Å². The Balaban J connectivity index is 0.00000261. The molecule has 0 fully saturated rings. The molecule has 0 aliphatic rings. The van der Waals surface area contributed by atoms with E-state index in [1.165, 1.54) is 0 Å². The second-order valence-corrected chi connectivity index (χ2v) is 6.79. The van der Waals surface area contributed by atoms with Crippen LogP contribution < -0.4 is 10.9 Å². The quantitative estimate of drug-likeness (QED) is 0.601. The van der Waals surface area contributed by atoms with Crippen LogP contribution in [-0.2, 0) is 13.0 Å². The molecule has 2 N–H and O–H groups in total. The average molecular weight is 388 g/mol. The van der Waals surface area contributed by atoms with E-state index in [1.807, 2.05) is 43.3 Å². The van der Waals surface area contributed by atoms with E-state index in [4.69, 9.17) is 4.42 Å². The monoisotopic (exact) mass is 387 g/mol. The zero-order chi connectivity index (χ0) is 18.7. The van der Waals surface area contributed by atoms with Crippen molar-refractivity contribution in [2.75, 3.05) is 0 Å². The molecule has 0 bridgehead atoms. The first-order valence-corrected chi connectivity index (χ1v) is 9.05. The number of rotatable bonds is 6. The standard InChI is InChI=1S/C22H25NO3.ClH/c1-4-14(2)23-13-19-20(24)11-10-17-15(3)18(22(25)26-21(17)19)12-16-8-6-5-7-9-16;/h5-11,14,23-24H,4,12-13H2,1-3H3;1H. The Morgan fingerprint density at radius 2 is 1.81 bits per heavy atom. The molecule has 1 aromatic heterocycles. The van der Waals surface area contributed by atoms with Gasteiger partial charge in [-0.2, -0.15) is 0 Å². The van der Waals surface area contributed by atoms with Crippen LogP contribution in [-0.4, -0.2) is 11.1 Å². The zero-order valence-corrected chi connectivity index (χ0v) is 16.7. The third-order valence-electron chi connectivity index (χ3n) is 5.00. The minimum absolute atomic E-state index is 0. The lowest BCUT2D eigenvalue weighted by Gasteiger charge is -2.15. The van der Waals surface area contributed by atoms with Gasteiger partial charge in [0.05, 0.1) is 5.56 Å². The number of hydrogen-bond acceptors (Lipinski definition) is 4. The van der Waals surface area contributed by atoms with Gasteiger partial charge in [-0.1, -0.05) is 37.3 Å². The van der Waals surface area contributed by atoms with Gasteiger partial charge in [-0.05, 0) is 43.5 Å². The van der Waals surface area contributed by atoms with Crippen molar-refractivity contribution in [1.82, 2.24) is 5.32 Å². The van der Waals surface area contributed by atoms with E-state index in [9.17, 15) is 9.90 Å². The lowest BCUT2D eigenvalue weighted by Crippen LogP contribution is -2.24. The Hall–Kier alpha value is -2.30.